The van der Waals surface area contributed by atoms with Crippen molar-refractivity contribution in [1.82, 2.24) is 14.5 Å². The van der Waals surface area contributed by atoms with Gasteiger partial charge in [0.2, 0.25) is 5.91 Å². The molecule has 35 heavy (non-hydrogen) atoms. The zero-order valence-electron chi connectivity index (χ0n) is 18.6. The fourth-order valence-electron chi connectivity index (χ4n) is 4.70. The minimum absolute atomic E-state index is 0.0651. The van der Waals surface area contributed by atoms with Crippen LogP contribution in [0.5, 0.6) is 11.5 Å². The molecule has 2 aliphatic heterocycles. The molecule has 0 bridgehead atoms. The van der Waals surface area contributed by atoms with E-state index in [0.29, 0.717) is 42.9 Å². The number of nitrogens with zero attached hydrogens (tertiary/aromatic N) is 4. The van der Waals surface area contributed by atoms with Crippen molar-refractivity contribution in [2.45, 2.75) is 6.04 Å². The maximum absolute atomic E-state index is 14.8. The normalized spacial score (nSPS) is 17.4. The summed E-state index contributed by atoms with van der Waals surface area (Å²) < 4.78 is 22.1. The molecule has 1 atom stereocenters. The van der Waals surface area contributed by atoms with E-state index in [0.717, 1.165) is 0 Å². The van der Waals surface area contributed by atoms with Gasteiger partial charge in [0.1, 0.15) is 24.0 Å². The number of carbonyl (C=O) groups is 1. The molecule has 5 rings (SSSR count). The molecule has 2 N–H and O–H groups in total. The number of phenols is 1. The van der Waals surface area contributed by atoms with Crippen LogP contribution >= 0.6 is 11.6 Å². The average Bonchev–Trinajstić information content (AvgIpc) is 2.86. The first-order chi connectivity index (χ1) is 16.8. The third-order valence-corrected chi connectivity index (χ3v) is 6.70. The van der Waals surface area contributed by atoms with Crippen LogP contribution in [-0.4, -0.2) is 70.0 Å². The second-order valence-corrected chi connectivity index (χ2v) is 8.75. The van der Waals surface area contributed by atoms with Crippen LogP contribution in [0, 0.1) is 5.82 Å². The summed E-state index contributed by atoms with van der Waals surface area (Å²) in [6.07, 6.45) is 1.26. The highest BCUT2D eigenvalue weighted by molar-refractivity contribution is 6.35. The van der Waals surface area contributed by atoms with Crippen molar-refractivity contribution in [2.75, 3.05) is 44.3 Å². The molecular weight excluding hydrogens is 479 g/mol. The van der Waals surface area contributed by atoms with Gasteiger partial charge in [0.05, 0.1) is 34.3 Å². The number of piperazine rings is 1. The number of carbonyl (C=O) groups excluding carboxylic acids is 1. The first-order valence-corrected chi connectivity index (χ1v) is 11.4. The maximum atomic E-state index is 14.8. The summed E-state index contributed by atoms with van der Waals surface area (Å²) in [5.41, 5.74) is -0.340. The van der Waals surface area contributed by atoms with Crippen molar-refractivity contribution in [3.8, 4) is 22.6 Å². The highest BCUT2D eigenvalue weighted by Gasteiger charge is 2.33. The molecule has 0 radical (unpaired) electrons. The number of benzene rings is 2. The van der Waals surface area contributed by atoms with Crippen LogP contribution in [0.2, 0.25) is 5.02 Å². The number of aromatic nitrogens is 2. The molecule has 3 heterocycles. The van der Waals surface area contributed by atoms with Crippen molar-refractivity contribution in [2.24, 2.45) is 0 Å². The number of phenolic OH excluding ortho intramolecular Hbond substituents is 1. The van der Waals surface area contributed by atoms with Crippen LogP contribution in [0.3, 0.4) is 0 Å². The Morgan fingerprint density at radius 2 is 2.03 bits per heavy atom. The summed E-state index contributed by atoms with van der Waals surface area (Å²) in [5.74, 6) is -0.741. The van der Waals surface area contributed by atoms with Gasteiger partial charge in [-0.05, 0) is 24.3 Å². The number of rotatable bonds is 4. The Hall–Kier alpha value is -3.63. The lowest BCUT2D eigenvalue weighted by Crippen LogP contribution is -2.49. The summed E-state index contributed by atoms with van der Waals surface area (Å²) in [4.78, 5) is 33.0. The van der Waals surface area contributed by atoms with Gasteiger partial charge in [-0.3, -0.25) is 9.36 Å². The number of ether oxygens (including phenoxy) is 1. The van der Waals surface area contributed by atoms with E-state index < -0.39 is 17.5 Å². The molecule has 0 saturated carbocycles. The minimum Gasteiger partial charge on any atom is -0.507 e. The van der Waals surface area contributed by atoms with Gasteiger partial charge in [-0.25, -0.2) is 9.18 Å². The number of amides is 1. The number of hydrogen-bond acceptors (Lipinski definition) is 7. The first kappa shape index (κ1) is 23.1. The summed E-state index contributed by atoms with van der Waals surface area (Å²) in [7, 11) is 0. The smallest absolute Gasteiger partial charge is 0.350 e. The lowest BCUT2D eigenvalue weighted by atomic mass is 9.99. The van der Waals surface area contributed by atoms with Crippen molar-refractivity contribution in [3.05, 3.63) is 58.2 Å². The predicted molar refractivity (Wildman–Crippen MR) is 129 cm³/mol. The third kappa shape index (κ3) is 3.69. The van der Waals surface area contributed by atoms with Gasteiger partial charge in [-0.2, -0.15) is 4.98 Å². The molecule has 2 aromatic carbocycles. The Balaban J connectivity index is 1.74. The van der Waals surface area contributed by atoms with E-state index in [1.54, 1.807) is 11.0 Å². The largest absolute Gasteiger partial charge is 0.507 e. The van der Waals surface area contributed by atoms with E-state index in [1.807, 2.05) is 4.90 Å². The molecule has 1 unspecified atom stereocenters. The van der Waals surface area contributed by atoms with E-state index in [4.69, 9.17) is 16.3 Å². The van der Waals surface area contributed by atoms with Crippen molar-refractivity contribution in [1.29, 1.82) is 0 Å². The molecular formula is C24H22ClFN4O5. The van der Waals surface area contributed by atoms with Crippen LogP contribution in [0.4, 0.5) is 10.2 Å². The Morgan fingerprint density at radius 1 is 1.29 bits per heavy atom. The van der Waals surface area contributed by atoms with Crippen LogP contribution in [0.25, 0.3) is 22.0 Å². The number of aliphatic hydroxyl groups excluding tert-OH is 1. The third-order valence-electron chi connectivity index (χ3n) is 6.40. The van der Waals surface area contributed by atoms with Gasteiger partial charge in [0.15, 0.2) is 5.75 Å². The summed E-state index contributed by atoms with van der Waals surface area (Å²) in [5, 5.41) is 20.9. The Labute approximate surface area is 204 Å². The zero-order valence-corrected chi connectivity index (χ0v) is 19.3. The molecule has 9 nitrogen and oxygen atoms in total. The molecule has 0 aliphatic carbocycles. The first-order valence-electron chi connectivity index (χ1n) is 11.0. The predicted octanol–water partition coefficient (Wildman–Crippen LogP) is 2.32. The Bertz CT molecular complexity index is 1400. The topological polar surface area (TPSA) is 108 Å². The molecule has 3 aromatic rings. The van der Waals surface area contributed by atoms with E-state index in [1.165, 1.54) is 28.8 Å². The second kappa shape index (κ2) is 8.86. The SMILES string of the molecule is C=CC(=O)N1CCN(c2nc(=O)n3c4c(c(-c5c(O)cccc5F)c(Cl)cc24)OCC3CO)CC1. The minimum atomic E-state index is -0.707. The van der Waals surface area contributed by atoms with Gasteiger partial charge in [0, 0.05) is 31.6 Å². The zero-order chi connectivity index (χ0) is 24.9. The summed E-state index contributed by atoms with van der Waals surface area (Å²) in [6.45, 7) is 4.73. The lowest BCUT2D eigenvalue weighted by Gasteiger charge is -2.36. The Morgan fingerprint density at radius 3 is 2.69 bits per heavy atom. The van der Waals surface area contributed by atoms with Crippen molar-refractivity contribution < 1.29 is 24.1 Å². The molecule has 1 amide bonds. The van der Waals surface area contributed by atoms with E-state index >= 15 is 0 Å². The molecule has 0 spiro atoms. The number of aliphatic hydroxyl groups is 1. The highest BCUT2D eigenvalue weighted by atomic mass is 35.5. The number of halogens is 2. The number of aromatic hydroxyl groups is 1. The maximum Gasteiger partial charge on any atom is 0.350 e. The average molecular weight is 501 g/mol. The van der Waals surface area contributed by atoms with Gasteiger partial charge < -0.3 is 24.7 Å². The van der Waals surface area contributed by atoms with Gasteiger partial charge in [-0.15, -0.1) is 0 Å². The molecule has 1 fully saturated rings. The number of anilines is 1. The summed E-state index contributed by atoms with van der Waals surface area (Å²) >= 11 is 6.64. The van der Waals surface area contributed by atoms with Crippen molar-refractivity contribution >= 4 is 34.2 Å². The fraction of sp³-hybridized carbons (Fsp3) is 0.292. The van der Waals surface area contributed by atoms with Crippen LogP contribution in [0.1, 0.15) is 6.04 Å². The van der Waals surface area contributed by atoms with E-state index in [2.05, 4.69) is 11.6 Å². The van der Waals surface area contributed by atoms with Gasteiger partial charge in [-0.1, -0.05) is 24.2 Å². The monoisotopic (exact) mass is 500 g/mol. The molecule has 1 aromatic heterocycles. The van der Waals surface area contributed by atoms with Crippen LogP contribution in [-0.2, 0) is 4.79 Å². The quantitative estimate of drug-likeness (QED) is 0.529. The van der Waals surface area contributed by atoms with Crippen LogP contribution < -0.4 is 15.3 Å². The van der Waals surface area contributed by atoms with Crippen LogP contribution in [0.15, 0.2) is 41.7 Å². The van der Waals surface area contributed by atoms with E-state index in [-0.39, 0.29) is 46.8 Å². The molecule has 1 saturated heterocycles. The van der Waals surface area contributed by atoms with Gasteiger partial charge >= 0.3 is 5.69 Å². The molecule has 11 heteroatoms. The molecule has 182 valence electrons. The standard InChI is InChI=1S/C24H22ClFN4O5/c1-2-18(33)28-6-8-29(9-7-28)23-14-10-15(25)19(20-16(26)4-3-5-17(20)32)22-21(14)30(24(34)27-23)13(11-31)12-35-22/h2-5,10,13,31-32H,1,6-9,11-12H2. The lowest BCUT2D eigenvalue weighted by molar-refractivity contribution is -0.126. The van der Waals surface area contributed by atoms with Crippen molar-refractivity contribution in [3.63, 3.8) is 0 Å². The molecule has 2 aliphatic rings. The van der Waals surface area contributed by atoms with E-state index in [9.17, 15) is 24.2 Å². The highest BCUT2D eigenvalue weighted by Crippen LogP contribution is 2.49. The number of hydrogen-bond donors (Lipinski definition) is 2. The van der Waals surface area contributed by atoms with Gasteiger partial charge in [0.25, 0.3) is 0 Å². The Kier molecular flexibility index (Phi) is 5.86. The fourth-order valence-corrected chi connectivity index (χ4v) is 4.99. The summed E-state index contributed by atoms with van der Waals surface area (Å²) in [6, 6.07) is 4.75. The second-order valence-electron chi connectivity index (χ2n) is 8.34.